The van der Waals surface area contributed by atoms with Crippen molar-refractivity contribution in [2.75, 3.05) is 5.75 Å². The lowest BCUT2D eigenvalue weighted by molar-refractivity contribution is 0.611. The molecule has 0 saturated carbocycles. The predicted molar refractivity (Wildman–Crippen MR) is 52.7 cm³/mol. The molecule has 0 rings (SSSR count). The molecule has 0 aliphatic carbocycles. The minimum atomic E-state index is -3.46. The molecule has 0 saturated heterocycles. The zero-order valence-electron chi connectivity index (χ0n) is 6.83. The molecule has 0 aliphatic rings. The summed E-state index contributed by atoms with van der Waals surface area (Å²) in [7, 11) is 1.60. The largest absolute Gasteiger partial charge is 0.236 e. The first-order valence-corrected chi connectivity index (χ1v) is 5.84. The molecule has 0 aromatic heterocycles. The fraction of sp³-hybridized carbons (Fsp3) is 0.250. The molecule has 0 atom stereocenters. The second-order valence-corrected chi connectivity index (χ2v) is 4.94. The Morgan fingerprint density at radius 3 is 2.50 bits per heavy atom. The second kappa shape index (κ2) is 5.17. The molecular formula is C8H11ClO2S. The molecule has 0 aromatic carbocycles. The lowest BCUT2D eigenvalue weighted by atomic mass is 10.2. The molecule has 0 bridgehead atoms. The van der Waals surface area contributed by atoms with Crippen molar-refractivity contribution >= 4 is 19.7 Å². The summed E-state index contributed by atoms with van der Waals surface area (Å²) in [4.78, 5) is 0. The summed E-state index contributed by atoms with van der Waals surface area (Å²) < 4.78 is 21.3. The summed E-state index contributed by atoms with van der Waals surface area (Å²) in [5, 5.41) is 0. The van der Waals surface area contributed by atoms with Crippen molar-refractivity contribution in [3.63, 3.8) is 0 Å². The Labute approximate surface area is 77.7 Å². The molecule has 0 heterocycles. The van der Waals surface area contributed by atoms with E-state index in [1.54, 1.807) is 25.2 Å². The first-order chi connectivity index (χ1) is 5.49. The van der Waals surface area contributed by atoms with Gasteiger partial charge in [-0.2, -0.15) is 0 Å². The molecular weight excluding hydrogens is 196 g/mol. The molecule has 0 fully saturated rings. The van der Waals surface area contributed by atoms with Crippen LogP contribution in [0.25, 0.3) is 0 Å². The average molecular weight is 207 g/mol. The fourth-order valence-electron chi connectivity index (χ4n) is 0.716. The molecule has 0 spiro atoms. The van der Waals surface area contributed by atoms with Crippen LogP contribution in [-0.2, 0) is 9.05 Å². The Balaban J connectivity index is 4.57. The van der Waals surface area contributed by atoms with Crippen molar-refractivity contribution in [3.8, 4) is 0 Å². The topological polar surface area (TPSA) is 34.1 Å². The van der Waals surface area contributed by atoms with Crippen LogP contribution in [0.15, 0.2) is 36.5 Å². The summed E-state index contributed by atoms with van der Waals surface area (Å²) >= 11 is 0. The number of allylic oxidation sites excluding steroid dienone is 4. The Kier molecular flexibility index (Phi) is 4.93. The van der Waals surface area contributed by atoms with Crippen LogP contribution in [0.1, 0.15) is 6.92 Å². The minimum absolute atomic E-state index is 0.162. The maximum atomic E-state index is 10.6. The van der Waals surface area contributed by atoms with Gasteiger partial charge in [-0.25, -0.2) is 8.42 Å². The highest BCUT2D eigenvalue weighted by Gasteiger charge is 2.06. The van der Waals surface area contributed by atoms with Gasteiger partial charge >= 0.3 is 0 Å². The maximum absolute atomic E-state index is 10.6. The number of halogens is 1. The van der Waals surface area contributed by atoms with Gasteiger partial charge < -0.3 is 0 Å². The predicted octanol–water partition coefficient (Wildman–Crippen LogP) is 2.24. The minimum Gasteiger partial charge on any atom is -0.212 e. The summed E-state index contributed by atoms with van der Waals surface area (Å²) in [5.74, 6) is -0.162. The van der Waals surface area contributed by atoms with Crippen molar-refractivity contribution in [1.82, 2.24) is 0 Å². The van der Waals surface area contributed by atoms with Crippen LogP contribution in [0, 0.1) is 0 Å². The van der Waals surface area contributed by atoms with Crippen LogP contribution in [0.3, 0.4) is 0 Å². The monoisotopic (exact) mass is 206 g/mol. The van der Waals surface area contributed by atoms with Gasteiger partial charge in [-0.1, -0.05) is 30.9 Å². The van der Waals surface area contributed by atoms with E-state index in [2.05, 4.69) is 6.58 Å². The standard InChI is InChI=1S/C8H11ClO2S/c1-3-5-8(6-4-2)7-12(9,10)11/h3-6H,1,7H2,2H3/b6-4-,8-5+. The number of hydrogen-bond donors (Lipinski definition) is 0. The van der Waals surface area contributed by atoms with E-state index < -0.39 is 9.05 Å². The van der Waals surface area contributed by atoms with Crippen LogP contribution < -0.4 is 0 Å². The normalized spacial score (nSPS) is 13.7. The molecule has 0 N–H and O–H groups in total. The van der Waals surface area contributed by atoms with Crippen molar-refractivity contribution in [2.45, 2.75) is 6.92 Å². The highest BCUT2D eigenvalue weighted by molar-refractivity contribution is 8.13. The SMILES string of the molecule is C=C/C=C(\C=C/C)CS(=O)(=O)Cl. The summed E-state index contributed by atoms with van der Waals surface area (Å²) in [6.45, 7) is 5.27. The van der Waals surface area contributed by atoms with E-state index in [0.717, 1.165) is 0 Å². The third-order valence-corrected chi connectivity index (χ3v) is 2.06. The summed E-state index contributed by atoms with van der Waals surface area (Å²) in [6.07, 6.45) is 6.57. The van der Waals surface area contributed by atoms with Gasteiger partial charge in [-0.05, 0) is 12.5 Å². The van der Waals surface area contributed by atoms with E-state index in [9.17, 15) is 8.42 Å². The van der Waals surface area contributed by atoms with Gasteiger partial charge in [-0.15, -0.1) is 0 Å². The van der Waals surface area contributed by atoms with Crippen LogP contribution in [0.2, 0.25) is 0 Å². The highest BCUT2D eigenvalue weighted by Crippen LogP contribution is 2.06. The Hall–Kier alpha value is -0.540. The van der Waals surface area contributed by atoms with Gasteiger partial charge in [0.2, 0.25) is 9.05 Å². The Morgan fingerprint density at radius 1 is 1.58 bits per heavy atom. The van der Waals surface area contributed by atoms with E-state index >= 15 is 0 Å². The number of rotatable bonds is 4. The molecule has 0 radical (unpaired) electrons. The zero-order valence-corrected chi connectivity index (χ0v) is 8.40. The molecule has 2 nitrogen and oxygen atoms in total. The van der Waals surface area contributed by atoms with Crippen molar-refractivity contribution in [3.05, 3.63) is 36.5 Å². The average Bonchev–Trinajstić information content (AvgIpc) is 1.84. The maximum Gasteiger partial charge on any atom is 0.236 e. The van der Waals surface area contributed by atoms with Crippen LogP contribution in [0.4, 0.5) is 0 Å². The van der Waals surface area contributed by atoms with E-state index in [1.165, 1.54) is 6.08 Å². The number of hydrogen-bond acceptors (Lipinski definition) is 2. The highest BCUT2D eigenvalue weighted by atomic mass is 35.7. The van der Waals surface area contributed by atoms with Gasteiger partial charge in [0, 0.05) is 10.7 Å². The van der Waals surface area contributed by atoms with E-state index in [4.69, 9.17) is 10.7 Å². The lowest BCUT2D eigenvalue weighted by Gasteiger charge is -1.95. The second-order valence-electron chi connectivity index (χ2n) is 2.16. The van der Waals surface area contributed by atoms with Crippen LogP contribution >= 0.6 is 10.7 Å². The quantitative estimate of drug-likeness (QED) is 0.522. The molecule has 0 aromatic rings. The smallest absolute Gasteiger partial charge is 0.212 e. The first-order valence-electron chi connectivity index (χ1n) is 3.36. The van der Waals surface area contributed by atoms with Gasteiger partial charge in [0.05, 0.1) is 5.75 Å². The van der Waals surface area contributed by atoms with Gasteiger partial charge in [0.15, 0.2) is 0 Å². The van der Waals surface area contributed by atoms with Crippen molar-refractivity contribution in [2.24, 2.45) is 0 Å². The summed E-state index contributed by atoms with van der Waals surface area (Å²) in [6, 6.07) is 0. The zero-order chi connectivity index (χ0) is 9.61. The van der Waals surface area contributed by atoms with Crippen LogP contribution in [0.5, 0.6) is 0 Å². The third kappa shape index (κ3) is 6.19. The van der Waals surface area contributed by atoms with Crippen molar-refractivity contribution in [1.29, 1.82) is 0 Å². The molecule has 0 unspecified atom stereocenters. The van der Waals surface area contributed by atoms with Crippen LogP contribution in [-0.4, -0.2) is 14.2 Å². The molecule has 0 aliphatic heterocycles. The Morgan fingerprint density at radius 2 is 2.17 bits per heavy atom. The molecule has 4 heteroatoms. The first kappa shape index (κ1) is 11.5. The molecule has 68 valence electrons. The summed E-state index contributed by atoms with van der Waals surface area (Å²) in [5.41, 5.74) is 0.627. The van der Waals surface area contributed by atoms with Gasteiger partial charge in [0.1, 0.15) is 0 Å². The molecule has 12 heavy (non-hydrogen) atoms. The Bertz CT molecular complexity index is 299. The van der Waals surface area contributed by atoms with E-state index in [0.29, 0.717) is 5.57 Å². The third-order valence-electron chi connectivity index (χ3n) is 1.05. The fourth-order valence-corrected chi connectivity index (χ4v) is 1.68. The van der Waals surface area contributed by atoms with E-state index in [1.807, 2.05) is 0 Å². The van der Waals surface area contributed by atoms with E-state index in [-0.39, 0.29) is 5.75 Å². The van der Waals surface area contributed by atoms with Gasteiger partial charge in [0.25, 0.3) is 0 Å². The van der Waals surface area contributed by atoms with Crippen molar-refractivity contribution < 1.29 is 8.42 Å². The van der Waals surface area contributed by atoms with Gasteiger partial charge in [-0.3, -0.25) is 0 Å². The lowest BCUT2D eigenvalue weighted by Crippen LogP contribution is -1.98. The molecule has 0 amide bonds.